The lowest BCUT2D eigenvalue weighted by molar-refractivity contribution is -0.140. The number of aromatic nitrogens is 1. The monoisotopic (exact) mass is 511 g/mol. The minimum Gasteiger partial charge on any atom is -0.507 e. The first-order valence-corrected chi connectivity index (χ1v) is 12.4. The molecule has 1 aromatic heterocycles. The number of aryl methyl sites for hydroxylation is 1. The predicted octanol–water partition coefficient (Wildman–Crippen LogP) is 2.57. The molecule has 2 N–H and O–H groups in total. The summed E-state index contributed by atoms with van der Waals surface area (Å²) in [6, 6.07) is 6.37. The van der Waals surface area contributed by atoms with E-state index in [1.165, 1.54) is 12.0 Å². The van der Waals surface area contributed by atoms with Gasteiger partial charge in [-0.25, -0.2) is 4.79 Å². The molecule has 2 fully saturated rings. The summed E-state index contributed by atoms with van der Waals surface area (Å²) in [6.45, 7) is 9.25. The first-order valence-electron chi connectivity index (χ1n) is 12.4. The number of rotatable bonds is 8. The molecule has 0 aliphatic carbocycles. The van der Waals surface area contributed by atoms with Crippen LogP contribution in [0.2, 0.25) is 0 Å². The predicted molar refractivity (Wildman–Crippen MR) is 135 cm³/mol. The van der Waals surface area contributed by atoms with E-state index < -0.39 is 23.7 Å². The first kappa shape index (κ1) is 26.4. The molecule has 0 bridgehead atoms. The Morgan fingerprint density at radius 3 is 2.59 bits per heavy atom. The van der Waals surface area contributed by atoms with Crippen LogP contribution in [0.3, 0.4) is 0 Å². The number of esters is 1. The molecule has 198 valence electrons. The van der Waals surface area contributed by atoms with Gasteiger partial charge in [-0.15, -0.1) is 0 Å². The molecule has 0 saturated carbocycles. The number of morpholine rings is 1. The Labute approximate surface area is 215 Å². The van der Waals surface area contributed by atoms with E-state index in [-0.39, 0.29) is 17.0 Å². The third kappa shape index (κ3) is 5.12. The summed E-state index contributed by atoms with van der Waals surface area (Å²) < 4.78 is 15.9. The number of H-pyrrole nitrogens is 1. The summed E-state index contributed by atoms with van der Waals surface area (Å²) >= 11 is 0. The van der Waals surface area contributed by atoms with Crippen LogP contribution < -0.4 is 4.74 Å². The summed E-state index contributed by atoms with van der Waals surface area (Å²) in [7, 11) is 1.27. The molecule has 1 atom stereocenters. The number of hydrogen-bond acceptors (Lipinski definition) is 8. The summed E-state index contributed by atoms with van der Waals surface area (Å²) in [4.78, 5) is 45.6. The molecule has 37 heavy (non-hydrogen) atoms. The average Bonchev–Trinajstić information content (AvgIpc) is 3.34. The van der Waals surface area contributed by atoms with Gasteiger partial charge < -0.3 is 29.2 Å². The van der Waals surface area contributed by atoms with Crippen molar-refractivity contribution in [2.45, 2.75) is 26.8 Å². The zero-order chi connectivity index (χ0) is 26.7. The number of nitrogens with one attached hydrogen (secondary N) is 1. The molecule has 2 aliphatic heterocycles. The van der Waals surface area contributed by atoms with Crippen LogP contribution in [0.5, 0.6) is 5.75 Å². The quantitative estimate of drug-likeness (QED) is 0.240. The third-order valence-corrected chi connectivity index (χ3v) is 6.85. The number of benzene rings is 1. The van der Waals surface area contributed by atoms with Gasteiger partial charge in [0.05, 0.1) is 38.5 Å². The Morgan fingerprint density at radius 1 is 1.19 bits per heavy atom. The Hall–Kier alpha value is -3.63. The van der Waals surface area contributed by atoms with Gasteiger partial charge in [0, 0.05) is 37.4 Å². The lowest BCUT2D eigenvalue weighted by atomic mass is 9.94. The van der Waals surface area contributed by atoms with Crippen molar-refractivity contribution in [3.05, 3.63) is 57.9 Å². The van der Waals surface area contributed by atoms with Crippen LogP contribution in [0.1, 0.15) is 45.8 Å². The molecule has 10 nitrogen and oxygen atoms in total. The van der Waals surface area contributed by atoms with Crippen molar-refractivity contribution in [2.24, 2.45) is 0 Å². The van der Waals surface area contributed by atoms with Crippen molar-refractivity contribution in [1.29, 1.82) is 0 Å². The minimum atomic E-state index is -0.822. The molecular weight excluding hydrogens is 478 g/mol. The lowest BCUT2D eigenvalue weighted by Crippen LogP contribution is -2.42. The number of aliphatic hydroxyl groups is 1. The van der Waals surface area contributed by atoms with E-state index >= 15 is 0 Å². The number of Topliss-reactive ketones (excluding diaryl/α,β-unsaturated/α-hetero) is 1. The highest BCUT2D eigenvalue weighted by molar-refractivity contribution is 6.46. The molecule has 0 spiro atoms. The van der Waals surface area contributed by atoms with Crippen LogP contribution in [0.15, 0.2) is 29.8 Å². The molecule has 2 saturated heterocycles. The number of aliphatic hydroxyl groups excluding tert-OH is 1. The van der Waals surface area contributed by atoms with Gasteiger partial charge in [0.25, 0.3) is 11.7 Å². The maximum atomic E-state index is 13.4. The number of carbonyl (C=O) groups is 3. The maximum absolute atomic E-state index is 13.4. The van der Waals surface area contributed by atoms with Gasteiger partial charge in [0.2, 0.25) is 0 Å². The van der Waals surface area contributed by atoms with Crippen molar-refractivity contribution in [2.75, 3.05) is 53.1 Å². The highest BCUT2D eigenvalue weighted by Gasteiger charge is 2.46. The van der Waals surface area contributed by atoms with Crippen LogP contribution in [-0.4, -0.2) is 90.7 Å². The SMILES string of the molecule is CCOc1cccc(C2/C(=C(\O)c3c(C)[nH]c(C(=O)OC)c3C)C(=O)C(=O)N2CCN2CCOCC2)c1. The first-order chi connectivity index (χ1) is 17.8. The Balaban J connectivity index is 1.81. The number of carbonyl (C=O) groups excluding carboxylic acids is 3. The second-order valence-electron chi connectivity index (χ2n) is 9.07. The number of nitrogens with zero attached hydrogens (tertiary/aromatic N) is 2. The molecular formula is C27H33N3O7. The van der Waals surface area contributed by atoms with Gasteiger partial charge >= 0.3 is 5.97 Å². The molecule has 1 aromatic carbocycles. The average molecular weight is 512 g/mol. The van der Waals surface area contributed by atoms with Gasteiger partial charge in [-0.1, -0.05) is 12.1 Å². The molecule has 4 rings (SSSR count). The van der Waals surface area contributed by atoms with Crippen LogP contribution in [0.4, 0.5) is 0 Å². The van der Waals surface area contributed by atoms with E-state index in [2.05, 4.69) is 9.88 Å². The van der Waals surface area contributed by atoms with Crippen LogP contribution >= 0.6 is 0 Å². The fraction of sp³-hybridized carbons (Fsp3) is 0.444. The largest absolute Gasteiger partial charge is 0.507 e. The van der Waals surface area contributed by atoms with Gasteiger partial charge in [0.15, 0.2) is 0 Å². The van der Waals surface area contributed by atoms with E-state index in [1.54, 1.807) is 32.0 Å². The van der Waals surface area contributed by atoms with Crippen LogP contribution in [0, 0.1) is 13.8 Å². The standard InChI is InChI=1S/C27H33N3O7/c1-5-37-19-8-6-7-18(15-19)23-21(24(31)20-16(2)22(27(34)35-4)28-17(20)3)25(32)26(33)30(23)10-9-29-11-13-36-14-12-29/h6-8,15,23,28,31H,5,9-14H2,1-4H3/b24-21+. The third-order valence-electron chi connectivity index (χ3n) is 6.85. The molecule has 2 aliphatic rings. The van der Waals surface area contributed by atoms with Crippen molar-refractivity contribution >= 4 is 23.4 Å². The molecule has 2 aromatic rings. The fourth-order valence-electron chi connectivity index (χ4n) is 5.02. The van der Waals surface area contributed by atoms with E-state index in [9.17, 15) is 19.5 Å². The minimum absolute atomic E-state index is 0.0257. The van der Waals surface area contributed by atoms with Gasteiger partial charge in [0.1, 0.15) is 17.2 Å². The lowest BCUT2D eigenvalue weighted by Gasteiger charge is -2.31. The molecule has 1 amide bonds. The number of aromatic amines is 1. The van der Waals surface area contributed by atoms with Gasteiger partial charge in [-0.05, 0) is 44.0 Å². The fourth-order valence-corrected chi connectivity index (χ4v) is 5.02. The topological polar surface area (TPSA) is 121 Å². The number of hydrogen-bond donors (Lipinski definition) is 2. The van der Waals surface area contributed by atoms with Crippen molar-refractivity contribution < 1.29 is 33.7 Å². The maximum Gasteiger partial charge on any atom is 0.354 e. The number of ketones is 1. The Morgan fingerprint density at radius 2 is 1.92 bits per heavy atom. The summed E-state index contributed by atoms with van der Waals surface area (Å²) in [5.74, 6) is -1.78. The number of methoxy groups -OCH3 is 1. The van der Waals surface area contributed by atoms with E-state index in [1.807, 2.05) is 13.0 Å². The molecule has 10 heteroatoms. The smallest absolute Gasteiger partial charge is 0.354 e. The number of amides is 1. The Bertz CT molecular complexity index is 1230. The normalized spacial score (nSPS) is 19.9. The zero-order valence-corrected chi connectivity index (χ0v) is 21.6. The second-order valence-corrected chi connectivity index (χ2v) is 9.07. The van der Waals surface area contributed by atoms with E-state index in [0.717, 1.165) is 13.1 Å². The van der Waals surface area contributed by atoms with Crippen LogP contribution in [-0.2, 0) is 19.1 Å². The van der Waals surface area contributed by atoms with Crippen molar-refractivity contribution in [3.63, 3.8) is 0 Å². The summed E-state index contributed by atoms with van der Waals surface area (Å²) in [6.07, 6.45) is 0. The second kappa shape index (κ2) is 11.2. The number of likely N-dealkylation sites (tertiary alicyclic amines) is 1. The van der Waals surface area contributed by atoms with Gasteiger partial charge in [-0.3, -0.25) is 14.5 Å². The van der Waals surface area contributed by atoms with Crippen molar-refractivity contribution in [3.8, 4) is 5.75 Å². The zero-order valence-electron chi connectivity index (χ0n) is 21.6. The summed E-state index contributed by atoms with van der Waals surface area (Å²) in [5.41, 5.74) is 2.02. The highest BCUT2D eigenvalue weighted by Crippen LogP contribution is 2.41. The van der Waals surface area contributed by atoms with E-state index in [0.29, 0.717) is 61.0 Å². The molecule has 0 radical (unpaired) electrons. The van der Waals surface area contributed by atoms with Crippen molar-refractivity contribution in [1.82, 2.24) is 14.8 Å². The van der Waals surface area contributed by atoms with Gasteiger partial charge in [-0.2, -0.15) is 0 Å². The Kier molecular flexibility index (Phi) is 7.99. The van der Waals surface area contributed by atoms with Crippen LogP contribution in [0.25, 0.3) is 5.76 Å². The molecule has 1 unspecified atom stereocenters. The summed E-state index contributed by atoms with van der Waals surface area (Å²) in [5, 5.41) is 11.5. The van der Waals surface area contributed by atoms with E-state index in [4.69, 9.17) is 14.2 Å². The molecule has 3 heterocycles. The number of ether oxygens (including phenoxy) is 3. The highest BCUT2D eigenvalue weighted by atomic mass is 16.5.